The average molecular weight is 261 g/mol. The minimum atomic E-state index is -0.970. The number of rotatable bonds is 3. The zero-order valence-corrected chi connectivity index (χ0v) is 11.3. The van der Waals surface area contributed by atoms with E-state index in [0.717, 1.165) is 37.5 Å². The van der Waals surface area contributed by atoms with E-state index in [9.17, 15) is 4.79 Å². The molecule has 0 spiro atoms. The Bertz CT molecular complexity index is 470. The molecule has 2 rings (SSSR count). The van der Waals surface area contributed by atoms with Crippen LogP contribution in [-0.4, -0.2) is 34.1 Å². The average Bonchev–Trinajstić information content (AvgIpc) is 2.40. The van der Waals surface area contributed by atoms with Gasteiger partial charge in [-0.3, -0.25) is 0 Å². The molecule has 1 aromatic heterocycles. The van der Waals surface area contributed by atoms with Crippen LogP contribution in [0.1, 0.15) is 25.8 Å². The number of carboxylic acid groups (broad SMARTS) is 1. The van der Waals surface area contributed by atoms with Crippen molar-refractivity contribution in [1.82, 2.24) is 9.97 Å². The lowest BCUT2D eigenvalue weighted by molar-refractivity contribution is -0.131. The zero-order valence-electron chi connectivity index (χ0n) is 11.3. The van der Waals surface area contributed by atoms with Gasteiger partial charge in [0.1, 0.15) is 0 Å². The van der Waals surface area contributed by atoms with Crippen LogP contribution in [0.5, 0.6) is 0 Å². The van der Waals surface area contributed by atoms with Gasteiger partial charge in [-0.15, -0.1) is 0 Å². The Kier molecular flexibility index (Phi) is 4.14. The third-order valence-electron chi connectivity index (χ3n) is 3.69. The quantitative estimate of drug-likeness (QED) is 0.844. The Balaban J connectivity index is 2.04. The Morgan fingerprint density at radius 3 is 2.63 bits per heavy atom. The van der Waals surface area contributed by atoms with E-state index in [-0.39, 0.29) is 0 Å². The lowest BCUT2D eigenvalue weighted by atomic mass is 9.89. The van der Waals surface area contributed by atoms with Crippen LogP contribution in [0, 0.1) is 11.8 Å². The first-order valence-electron chi connectivity index (χ1n) is 6.54. The maximum atomic E-state index is 10.4. The Labute approximate surface area is 113 Å². The number of aromatic nitrogens is 2. The highest BCUT2D eigenvalue weighted by Gasteiger charge is 2.23. The molecule has 5 heteroatoms. The van der Waals surface area contributed by atoms with Crippen LogP contribution < -0.4 is 4.90 Å². The number of anilines is 1. The summed E-state index contributed by atoms with van der Waals surface area (Å²) in [6.45, 7) is 6.49. The monoisotopic (exact) mass is 261 g/mol. The molecule has 0 radical (unpaired) electrons. The van der Waals surface area contributed by atoms with Gasteiger partial charge in [-0.1, -0.05) is 13.8 Å². The topological polar surface area (TPSA) is 66.3 Å². The van der Waals surface area contributed by atoms with Crippen molar-refractivity contribution in [2.75, 3.05) is 18.0 Å². The number of piperidine rings is 1. The van der Waals surface area contributed by atoms with Gasteiger partial charge in [0, 0.05) is 37.1 Å². The van der Waals surface area contributed by atoms with Crippen molar-refractivity contribution < 1.29 is 9.90 Å². The Hall–Kier alpha value is -1.91. The van der Waals surface area contributed by atoms with E-state index in [1.807, 2.05) is 0 Å². The molecule has 1 saturated heterocycles. The third-order valence-corrected chi connectivity index (χ3v) is 3.69. The molecular weight excluding hydrogens is 242 g/mol. The van der Waals surface area contributed by atoms with Crippen LogP contribution in [0.2, 0.25) is 0 Å². The molecule has 1 aliphatic rings. The molecule has 102 valence electrons. The molecule has 1 fully saturated rings. The van der Waals surface area contributed by atoms with Gasteiger partial charge >= 0.3 is 5.97 Å². The van der Waals surface area contributed by atoms with Gasteiger partial charge in [0.15, 0.2) is 0 Å². The number of aliphatic carboxylic acids is 1. The second-order valence-electron chi connectivity index (χ2n) is 5.18. The minimum absolute atomic E-state index is 0.643. The van der Waals surface area contributed by atoms with E-state index in [1.165, 1.54) is 6.08 Å². The second kappa shape index (κ2) is 5.82. The van der Waals surface area contributed by atoms with Crippen LogP contribution in [-0.2, 0) is 4.79 Å². The summed E-state index contributed by atoms with van der Waals surface area (Å²) in [5.74, 6) is 1.15. The Morgan fingerprint density at radius 2 is 2.05 bits per heavy atom. The second-order valence-corrected chi connectivity index (χ2v) is 5.18. The SMILES string of the molecule is CC1CCN(c2ncc(/C=C/C(=O)O)cn2)CC1C. The third kappa shape index (κ3) is 3.53. The molecule has 1 N–H and O–H groups in total. The molecule has 0 aromatic carbocycles. The fourth-order valence-corrected chi connectivity index (χ4v) is 2.19. The van der Waals surface area contributed by atoms with Gasteiger partial charge in [0.25, 0.3) is 0 Å². The van der Waals surface area contributed by atoms with Crippen molar-refractivity contribution >= 4 is 18.0 Å². The van der Waals surface area contributed by atoms with Gasteiger partial charge in [0.2, 0.25) is 5.95 Å². The first-order valence-corrected chi connectivity index (χ1v) is 6.54. The van der Waals surface area contributed by atoms with Crippen LogP contribution in [0.4, 0.5) is 5.95 Å². The van der Waals surface area contributed by atoms with Crippen LogP contribution in [0.25, 0.3) is 6.08 Å². The van der Waals surface area contributed by atoms with E-state index < -0.39 is 5.97 Å². The van der Waals surface area contributed by atoms with Gasteiger partial charge in [-0.05, 0) is 24.3 Å². The molecule has 1 aromatic rings. The zero-order chi connectivity index (χ0) is 13.8. The highest BCUT2D eigenvalue weighted by Crippen LogP contribution is 2.24. The summed E-state index contributed by atoms with van der Waals surface area (Å²) in [4.78, 5) is 21.2. The molecule has 0 amide bonds. The van der Waals surface area contributed by atoms with Crippen LogP contribution >= 0.6 is 0 Å². The number of carboxylic acids is 1. The Morgan fingerprint density at radius 1 is 1.37 bits per heavy atom. The number of hydrogen-bond donors (Lipinski definition) is 1. The molecule has 1 aliphatic heterocycles. The first kappa shape index (κ1) is 13.5. The lowest BCUT2D eigenvalue weighted by Crippen LogP contribution is -2.39. The molecule has 19 heavy (non-hydrogen) atoms. The van der Waals surface area contributed by atoms with Crippen LogP contribution in [0.3, 0.4) is 0 Å². The highest BCUT2D eigenvalue weighted by atomic mass is 16.4. The minimum Gasteiger partial charge on any atom is -0.478 e. The fraction of sp³-hybridized carbons (Fsp3) is 0.500. The van der Waals surface area contributed by atoms with Crippen molar-refractivity contribution in [2.24, 2.45) is 11.8 Å². The normalized spacial score (nSPS) is 23.8. The smallest absolute Gasteiger partial charge is 0.328 e. The summed E-state index contributed by atoms with van der Waals surface area (Å²) in [7, 11) is 0. The maximum Gasteiger partial charge on any atom is 0.328 e. The molecular formula is C14H19N3O2. The van der Waals surface area contributed by atoms with Crippen molar-refractivity contribution in [3.05, 3.63) is 24.0 Å². The summed E-state index contributed by atoms with van der Waals surface area (Å²) in [6, 6.07) is 0. The number of hydrogen-bond acceptors (Lipinski definition) is 4. The van der Waals surface area contributed by atoms with E-state index >= 15 is 0 Å². The molecule has 0 bridgehead atoms. The summed E-state index contributed by atoms with van der Waals surface area (Å²) in [5, 5.41) is 8.55. The summed E-state index contributed by atoms with van der Waals surface area (Å²) in [5.41, 5.74) is 0.699. The summed E-state index contributed by atoms with van der Waals surface area (Å²) >= 11 is 0. The van der Waals surface area contributed by atoms with Gasteiger partial charge < -0.3 is 10.0 Å². The standard InChI is InChI=1S/C14H19N3O2/c1-10-5-6-17(9-11(10)2)14-15-7-12(8-16-14)3-4-13(18)19/h3-4,7-8,10-11H,5-6,9H2,1-2H3,(H,18,19)/b4-3+. The predicted octanol–water partition coefficient (Wildman–Crippen LogP) is 2.06. The predicted molar refractivity (Wildman–Crippen MR) is 73.9 cm³/mol. The van der Waals surface area contributed by atoms with Crippen LogP contribution in [0.15, 0.2) is 18.5 Å². The van der Waals surface area contributed by atoms with E-state index in [0.29, 0.717) is 11.5 Å². The summed E-state index contributed by atoms with van der Waals surface area (Å²) in [6.07, 6.45) is 7.05. The first-order chi connectivity index (χ1) is 9.06. The van der Waals surface area contributed by atoms with Gasteiger partial charge in [0.05, 0.1) is 0 Å². The van der Waals surface area contributed by atoms with Crippen molar-refractivity contribution in [3.8, 4) is 0 Å². The largest absolute Gasteiger partial charge is 0.478 e. The molecule has 2 atom stereocenters. The van der Waals surface area contributed by atoms with Crippen molar-refractivity contribution in [1.29, 1.82) is 0 Å². The van der Waals surface area contributed by atoms with E-state index in [4.69, 9.17) is 5.11 Å². The molecule has 0 saturated carbocycles. The highest BCUT2D eigenvalue weighted by molar-refractivity contribution is 5.85. The van der Waals surface area contributed by atoms with Crippen molar-refractivity contribution in [3.63, 3.8) is 0 Å². The van der Waals surface area contributed by atoms with E-state index in [1.54, 1.807) is 12.4 Å². The maximum absolute atomic E-state index is 10.4. The van der Waals surface area contributed by atoms with E-state index in [2.05, 4.69) is 28.7 Å². The van der Waals surface area contributed by atoms with Gasteiger partial charge in [-0.2, -0.15) is 0 Å². The lowest BCUT2D eigenvalue weighted by Gasteiger charge is -2.35. The number of nitrogens with zero attached hydrogens (tertiary/aromatic N) is 3. The summed E-state index contributed by atoms with van der Waals surface area (Å²) < 4.78 is 0. The number of carbonyl (C=O) groups is 1. The molecule has 5 nitrogen and oxygen atoms in total. The van der Waals surface area contributed by atoms with Gasteiger partial charge in [-0.25, -0.2) is 14.8 Å². The molecule has 2 heterocycles. The fourth-order valence-electron chi connectivity index (χ4n) is 2.19. The molecule has 2 unspecified atom stereocenters. The molecule has 0 aliphatic carbocycles. The van der Waals surface area contributed by atoms with Crippen molar-refractivity contribution in [2.45, 2.75) is 20.3 Å².